The Morgan fingerprint density at radius 1 is 0.769 bits per heavy atom. The molecule has 2 amide bonds. The van der Waals surface area contributed by atoms with E-state index in [1.165, 1.54) is 0 Å². The lowest BCUT2D eigenvalue weighted by molar-refractivity contribution is -0.135. The van der Waals surface area contributed by atoms with Crippen molar-refractivity contribution < 1.29 is 47.2 Å². The summed E-state index contributed by atoms with van der Waals surface area (Å²) in [5.74, 6) is 1.55. The number of hydrogen-bond acceptors (Lipinski definition) is 12. The maximum atomic E-state index is 13.3. The highest BCUT2D eigenvalue weighted by molar-refractivity contribution is 8.76. The summed E-state index contributed by atoms with van der Waals surface area (Å²) in [6.07, 6.45) is 2.46. The van der Waals surface area contributed by atoms with Crippen molar-refractivity contribution in [2.75, 3.05) is 44.4 Å². The molecule has 13 nitrogen and oxygen atoms in total. The van der Waals surface area contributed by atoms with Gasteiger partial charge in [0.15, 0.2) is 0 Å². The highest BCUT2D eigenvalue weighted by Crippen LogP contribution is 2.47. The van der Waals surface area contributed by atoms with Crippen molar-refractivity contribution in [2.45, 2.75) is 156 Å². The number of nitrogens with zero attached hydrogens (tertiary/aromatic N) is 2. The van der Waals surface area contributed by atoms with Gasteiger partial charge in [-0.2, -0.15) is 0 Å². The van der Waals surface area contributed by atoms with E-state index in [0.717, 1.165) is 18.1 Å². The van der Waals surface area contributed by atoms with E-state index in [1.807, 2.05) is 55.4 Å². The molecule has 16 heteroatoms. The summed E-state index contributed by atoms with van der Waals surface area (Å²) in [5.41, 5.74) is 0. The normalized spacial score (nSPS) is 21.9. The Bertz CT molecular complexity index is 1160. The van der Waals surface area contributed by atoms with E-state index < -0.39 is 20.0 Å². The van der Waals surface area contributed by atoms with Crippen molar-refractivity contribution in [1.82, 2.24) is 15.1 Å². The van der Waals surface area contributed by atoms with Crippen LogP contribution >= 0.6 is 29.4 Å². The van der Waals surface area contributed by atoms with Gasteiger partial charge in [0.2, 0.25) is 11.8 Å². The lowest BCUT2D eigenvalue weighted by atomic mass is 10.1. The van der Waals surface area contributed by atoms with Crippen LogP contribution in [0.5, 0.6) is 0 Å². The first-order valence-corrected chi connectivity index (χ1v) is 23.0. The third-order valence-corrected chi connectivity index (χ3v) is 12.3. The van der Waals surface area contributed by atoms with Crippen molar-refractivity contribution >= 4 is 52.8 Å². The number of carbonyl (C=O) groups excluding carboxylic acids is 4. The van der Waals surface area contributed by atoms with Gasteiger partial charge in [0.1, 0.15) is 11.6 Å². The monoisotopic (exact) mass is 795 g/mol. The summed E-state index contributed by atoms with van der Waals surface area (Å²) in [4.78, 5) is 64.9. The minimum Gasteiger partial charge on any atom is -0.377 e. The predicted octanol–water partition coefficient (Wildman–Crippen LogP) is 5.81. The molecule has 0 bridgehead atoms. The van der Waals surface area contributed by atoms with Crippen LogP contribution in [0.3, 0.4) is 0 Å². The van der Waals surface area contributed by atoms with E-state index in [0.29, 0.717) is 57.5 Å². The Morgan fingerprint density at radius 2 is 1.38 bits per heavy atom. The van der Waals surface area contributed by atoms with Crippen LogP contribution in [0.1, 0.15) is 113 Å². The van der Waals surface area contributed by atoms with Gasteiger partial charge in [-0.25, -0.2) is 4.57 Å². The first kappa shape index (κ1) is 47.1. The lowest BCUT2D eigenvalue weighted by Gasteiger charge is -2.26. The van der Waals surface area contributed by atoms with E-state index in [1.54, 1.807) is 31.4 Å². The zero-order chi connectivity index (χ0) is 38.8. The number of nitrogens with one attached hydrogen (secondary N) is 1. The van der Waals surface area contributed by atoms with E-state index in [9.17, 15) is 28.6 Å². The van der Waals surface area contributed by atoms with Crippen LogP contribution in [-0.4, -0.2) is 125 Å². The van der Waals surface area contributed by atoms with Crippen LogP contribution < -0.4 is 5.32 Å². The summed E-state index contributed by atoms with van der Waals surface area (Å²) >= 11 is 0. The van der Waals surface area contributed by atoms with Gasteiger partial charge in [-0.15, -0.1) is 0 Å². The summed E-state index contributed by atoms with van der Waals surface area (Å²) in [6.45, 7) is 16.8. The molecule has 2 unspecified atom stereocenters. The molecule has 2 N–H and O–H groups in total. The number of Topliss-reactive ketones (excluding diaryl/α,β-unsaturated/α-hetero) is 2. The van der Waals surface area contributed by atoms with Crippen LogP contribution in [0.25, 0.3) is 0 Å². The highest BCUT2D eigenvalue weighted by atomic mass is 33.1. The topological polar surface area (TPSA) is 161 Å². The number of hydrogen-bond donors (Lipinski definition) is 2. The molecule has 0 saturated carbocycles. The first-order valence-electron chi connectivity index (χ1n) is 19.0. The summed E-state index contributed by atoms with van der Waals surface area (Å²) < 4.78 is 36.2. The molecular weight excluding hydrogens is 730 g/mol. The number of carbonyl (C=O) groups is 4. The molecule has 0 aromatic heterocycles. The molecule has 2 aliphatic rings. The molecule has 52 heavy (non-hydrogen) atoms. The fourth-order valence-electron chi connectivity index (χ4n) is 6.10. The second-order valence-electron chi connectivity index (χ2n) is 14.9. The van der Waals surface area contributed by atoms with Gasteiger partial charge < -0.3 is 29.5 Å². The molecule has 0 spiro atoms. The van der Waals surface area contributed by atoms with Crippen molar-refractivity contribution in [2.24, 2.45) is 5.92 Å². The first-order chi connectivity index (χ1) is 24.5. The predicted molar refractivity (Wildman–Crippen MR) is 207 cm³/mol. The maximum absolute atomic E-state index is 13.3. The number of phosphoric acid groups is 1. The second-order valence-corrected chi connectivity index (χ2v) is 19.0. The minimum absolute atomic E-state index is 0.0273. The number of amides is 2. The number of ketones is 2. The maximum Gasteiger partial charge on any atom is 0.472 e. The molecule has 0 aliphatic carbocycles. The van der Waals surface area contributed by atoms with Gasteiger partial charge >= 0.3 is 7.82 Å². The molecule has 0 radical (unpaired) electrons. The average molecular weight is 796 g/mol. The standard InChI is InChI=1S/C36H66N3O10PS2/c1-25(2)34(41)15-18-52-51-17-10-12-35(42)39-22-33(20-29(39)23-46-27(5)6)49-50(44,45)47-24-30-19-32(48-28(7)8)21-38(30)36(43)14-13-31(40)11-9-16-37-26(3)4/h25-30,32-33,37H,9-24H2,1-8H3,(H,44,45)/t29-,30-,32+,33?/m0/s1. The molecule has 5 atom stereocenters. The molecule has 2 aliphatic heterocycles. The zero-order valence-corrected chi connectivity index (χ0v) is 35.2. The van der Waals surface area contributed by atoms with Crippen molar-refractivity contribution in [3.63, 3.8) is 0 Å². The second kappa shape index (κ2) is 24.5. The lowest BCUT2D eigenvalue weighted by Crippen LogP contribution is -2.39. The average Bonchev–Trinajstić information content (AvgIpc) is 3.65. The van der Waals surface area contributed by atoms with Gasteiger partial charge in [-0.05, 0) is 59.9 Å². The number of phosphoric ester groups is 1. The van der Waals surface area contributed by atoms with Crippen molar-refractivity contribution in [1.29, 1.82) is 0 Å². The SMILES string of the molecule is CC(C)NCCCC(=O)CCC(=O)N1C[C@H](OC(C)C)C[C@H]1COP(=O)(O)OC1C[C@@H](COC(C)C)N(C(=O)CCCSSCCC(=O)C(C)C)C1. The fraction of sp³-hybridized carbons (Fsp3) is 0.889. The molecule has 302 valence electrons. The van der Waals surface area contributed by atoms with Gasteiger partial charge in [0, 0.05) is 68.7 Å². The van der Waals surface area contributed by atoms with Gasteiger partial charge in [0.25, 0.3) is 0 Å². The van der Waals surface area contributed by atoms with Crippen molar-refractivity contribution in [3.8, 4) is 0 Å². The molecule has 0 aromatic rings. The van der Waals surface area contributed by atoms with E-state index in [4.69, 9.17) is 18.5 Å². The quantitative estimate of drug-likeness (QED) is 0.0583. The van der Waals surface area contributed by atoms with Crippen LogP contribution in [-0.2, 0) is 42.3 Å². The van der Waals surface area contributed by atoms with E-state index in [2.05, 4.69) is 5.32 Å². The zero-order valence-electron chi connectivity index (χ0n) is 32.7. The molecule has 2 fully saturated rings. The van der Waals surface area contributed by atoms with Gasteiger partial charge in [-0.3, -0.25) is 28.2 Å². The summed E-state index contributed by atoms with van der Waals surface area (Å²) in [6, 6.07) is -0.486. The van der Waals surface area contributed by atoms with Crippen LogP contribution in [0.4, 0.5) is 0 Å². The number of likely N-dealkylation sites (tertiary alicyclic amines) is 2. The summed E-state index contributed by atoms with van der Waals surface area (Å²) in [5, 5.41) is 3.28. The Labute approximate surface area is 320 Å². The number of rotatable bonds is 27. The third kappa shape index (κ3) is 19.0. The van der Waals surface area contributed by atoms with Gasteiger partial charge in [-0.1, -0.05) is 49.3 Å². The Morgan fingerprint density at radius 3 is 2.02 bits per heavy atom. The molecule has 2 rings (SSSR count). The van der Waals surface area contributed by atoms with Crippen LogP contribution in [0.15, 0.2) is 0 Å². The molecule has 0 aromatic carbocycles. The molecule has 2 heterocycles. The number of ether oxygens (including phenoxy) is 2. The Balaban J connectivity index is 1.91. The van der Waals surface area contributed by atoms with Crippen LogP contribution in [0.2, 0.25) is 0 Å². The molecular formula is C36H66N3O10PS2. The third-order valence-electron chi connectivity index (χ3n) is 8.77. The van der Waals surface area contributed by atoms with Crippen LogP contribution in [0, 0.1) is 5.92 Å². The largest absolute Gasteiger partial charge is 0.472 e. The minimum atomic E-state index is -4.57. The van der Waals surface area contributed by atoms with E-state index >= 15 is 0 Å². The van der Waals surface area contributed by atoms with E-state index in [-0.39, 0.29) is 86.3 Å². The highest BCUT2D eigenvalue weighted by Gasteiger charge is 2.42. The Kier molecular flexibility index (Phi) is 22.2. The van der Waals surface area contributed by atoms with Crippen molar-refractivity contribution in [3.05, 3.63) is 0 Å². The smallest absolute Gasteiger partial charge is 0.377 e. The fourth-order valence-corrected chi connectivity index (χ4v) is 9.15. The summed E-state index contributed by atoms with van der Waals surface area (Å²) in [7, 11) is -1.28. The molecule has 2 saturated heterocycles. The van der Waals surface area contributed by atoms with Gasteiger partial charge in [0.05, 0.1) is 49.7 Å². The Hall–Kier alpha value is -1.03.